The Kier molecular flexibility index (Phi) is 3.34. The summed E-state index contributed by atoms with van der Waals surface area (Å²) in [6.07, 6.45) is 4.66. The van der Waals surface area contributed by atoms with Gasteiger partial charge in [-0.3, -0.25) is 9.78 Å². The van der Waals surface area contributed by atoms with Gasteiger partial charge in [-0.2, -0.15) is 9.90 Å². The first-order valence-corrected chi connectivity index (χ1v) is 5.24. The Labute approximate surface area is 104 Å². The molecule has 0 atom stereocenters. The largest absolute Gasteiger partial charge is 0.355 e. The highest BCUT2D eigenvalue weighted by molar-refractivity contribution is 5.93. The van der Waals surface area contributed by atoms with E-state index in [1.807, 2.05) is 0 Å². The van der Waals surface area contributed by atoms with Crippen LogP contribution in [-0.2, 0) is 7.05 Å². The lowest BCUT2D eigenvalue weighted by atomic mass is 10.2. The number of amides is 1. The predicted octanol–water partition coefficient (Wildman–Crippen LogP) is -0.0305. The Bertz CT molecular complexity index is 635. The first-order valence-electron chi connectivity index (χ1n) is 5.24. The molecule has 1 N–H and O–H groups in total. The summed E-state index contributed by atoms with van der Waals surface area (Å²) in [5.74, 6) is 5.55. The lowest BCUT2D eigenvalue weighted by molar-refractivity contribution is 0.0962. The highest BCUT2D eigenvalue weighted by atomic mass is 16.1. The number of nitrogens with zero attached hydrogens (tertiary/aromatic N) is 4. The summed E-state index contributed by atoms with van der Waals surface area (Å²) < 4.78 is 0. The van der Waals surface area contributed by atoms with E-state index in [1.54, 1.807) is 32.6 Å². The van der Waals surface area contributed by atoms with Gasteiger partial charge in [-0.25, -0.2) is 0 Å². The molecule has 0 aliphatic carbocycles. The number of pyridine rings is 1. The maximum Gasteiger partial charge on any atom is 0.252 e. The van der Waals surface area contributed by atoms with Crippen molar-refractivity contribution in [1.82, 2.24) is 25.3 Å². The fourth-order valence-corrected chi connectivity index (χ4v) is 1.32. The molecule has 0 bridgehead atoms. The minimum Gasteiger partial charge on any atom is -0.355 e. The van der Waals surface area contributed by atoms with E-state index in [-0.39, 0.29) is 5.91 Å². The van der Waals surface area contributed by atoms with Gasteiger partial charge in [0.1, 0.15) is 0 Å². The summed E-state index contributed by atoms with van der Waals surface area (Å²) in [5.41, 5.74) is 1.70. The monoisotopic (exact) mass is 241 g/mol. The maximum absolute atomic E-state index is 11.4. The molecule has 0 spiro atoms. The number of carbonyl (C=O) groups excluding carboxylic acids is 1. The minimum atomic E-state index is -0.189. The van der Waals surface area contributed by atoms with E-state index in [9.17, 15) is 4.79 Å². The number of rotatable bonds is 1. The van der Waals surface area contributed by atoms with Crippen LogP contribution in [0, 0.1) is 11.8 Å². The average molecular weight is 241 g/mol. The van der Waals surface area contributed by atoms with Crippen LogP contribution in [0.5, 0.6) is 0 Å². The number of aryl methyl sites for hydroxylation is 1. The molecule has 2 aromatic heterocycles. The van der Waals surface area contributed by atoms with Gasteiger partial charge in [0.2, 0.25) is 0 Å². The number of aromatic nitrogens is 4. The van der Waals surface area contributed by atoms with Crippen molar-refractivity contribution < 1.29 is 4.79 Å². The Morgan fingerprint density at radius 2 is 2.17 bits per heavy atom. The van der Waals surface area contributed by atoms with Gasteiger partial charge in [-0.1, -0.05) is 5.92 Å². The van der Waals surface area contributed by atoms with Crippen LogP contribution < -0.4 is 5.32 Å². The zero-order valence-electron chi connectivity index (χ0n) is 10.0. The van der Waals surface area contributed by atoms with Crippen molar-refractivity contribution in [3.8, 4) is 11.8 Å². The van der Waals surface area contributed by atoms with Gasteiger partial charge < -0.3 is 5.32 Å². The Balaban J connectivity index is 2.25. The third-order valence-electron chi connectivity index (χ3n) is 2.16. The van der Waals surface area contributed by atoms with E-state index in [0.29, 0.717) is 16.8 Å². The van der Waals surface area contributed by atoms with E-state index in [2.05, 4.69) is 32.3 Å². The summed E-state index contributed by atoms with van der Waals surface area (Å²) in [4.78, 5) is 16.8. The van der Waals surface area contributed by atoms with E-state index >= 15 is 0 Å². The molecule has 0 unspecified atom stereocenters. The number of carbonyl (C=O) groups is 1. The van der Waals surface area contributed by atoms with Gasteiger partial charge >= 0.3 is 0 Å². The molecule has 0 fully saturated rings. The maximum atomic E-state index is 11.4. The Morgan fingerprint density at radius 1 is 1.33 bits per heavy atom. The van der Waals surface area contributed by atoms with Crippen LogP contribution in [0.4, 0.5) is 0 Å². The summed E-state index contributed by atoms with van der Waals surface area (Å²) in [6, 6.07) is 1.68. The number of hydrogen-bond donors (Lipinski definition) is 1. The quantitative estimate of drug-likeness (QED) is 0.712. The van der Waals surface area contributed by atoms with Crippen molar-refractivity contribution in [2.45, 2.75) is 0 Å². The van der Waals surface area contributed by atoms with Gasteiger partial charge in [0.15, 0.2) is 5.69 Å². The highest BCUT2D eigenvalue weighted by Crippen LogP contribution is 2.01. The van der Waals surface area contributed by atoms with E-state index in [0.717, 1.165) is 0 Å². The summed E-state index contributed by atoms with van der Waals surface area (Å²) in [7, 11) is 3.29. The molecule has 18 heavy (non-hydrogen) atoms. The lowest BCUT2D eigenvalue weighted by Crippen LogP contribution is -2.17. The van der Waals surface area contributed by atoms with Crippen molar-refractivity contribution in [1.29, 1.82) is 0 Å². The van der Waals surface area contributed by atoms with E-state index in [1.165, 1.54) is 11.0 Å². The van der Waals surface area contributed by atoms with Crippen LogP contribution in [0.1, 0.15) is 21.6 Å². The van der Waals surface area contributed by atoms with Crippen LogP contribution in [0.25, 0.3) is 0 Å². The Morgan fingerprint density at radius 3 is 2.83 bits per heavy atom. The third kappa shape index (κ3) is 2.71. The molecule has 0 aromatic carbocycles. The molecule has 0 aliphatic heterocycles. The molecule has 0 aliphatic rings. The van der Waals surface area contributed by atoms with Gasteiger partial charge in [0.05, 0.1) is 11.8 Å². The van der Waals surface area contributed by atoms with Crippen molar-refractivity contribution >= 4 is 5.91 Å². The number of nitrogens with one attached hydrogen (secondary N) is 1. The van der Waals surface area contributed by atoms with Crippen molar-refractivity contribution in [2.75, 3.05) is 7.05 Å². The van der Waals surface area contributed by atoms with Crippen LogP contribution in [0.2, 0.25) is 0 Å². The topological polar surface area (TPSA) is 72.7 Å². The predicted molar refractivity (Wildman–Crippen MR) is 64.6 cm³/mol. The zero-order valence-corrected chi connectivity index (χ0v) is 10.0. The first-order chi connectivity index (χ1) is 8.69. The molecular weight excluding hydrogens is 230 g/mol. The molecule has 0 saturated heterocycles. The molecule has 0 saturated carbocycles. The molecule has 2 aromatic rings. The molecule has 90 valence electrons. The summed E-state index contributed by atoms with van der Waals surface area (Å²) in [6.45, 7) is 0. The third-order valence-corrected chi connectivity index (χ3v) is 2.16. The number of hydrogen-bond acceptors (Lipinski definition) is 4. The van der Waals surface area contributed by atoms with Crippen molar-refractivity contribution in [2.24, 2.45) is 7.05 Å². The molecule has 2 heterocycles. The van der Waals surface area contributed by atoms with Crippen LogP contribution in [-0.4, -0.2) is 32.9 Å². The second kappa shape index (κ2) is 5.10. The Hall–Kier alpha value is -2.68. The average Bonchev–Trinajstić information content (AvgIpc) is 2.81. The molecule has 0 radical (unpaired) electrons. The van der Waals surface area contributed by atoms with Crippen LogP contribution in [0.3, 0.4) is 0 Å². The standard InChI is InChI=1S/C12H11N5O/c1-13-12(18)10-5-9(6-14-7-10)3-4-11-8-15-17(2)16-11/h5-8H,1-2H3,(H,13,18). The van der Waals surface area contributed by atoms with Gasteiger partial charge in [-0.05, 0) is 12.0 Å². The second-order valence-corrected chi connectivity index (χ2v) is 3.51. The van der Waals surface area contributed by atoms with Crippen molar-refractivity contribution in [3.05, 3.63) is 41.5 Å². The van der Waals surface area contributed by atoms with E-state index < -0.39 is 0 Å². The van der Waals surface area contributed by atoms with Crippen LogP contribution >= 0.6 is 0 Å². The molecule has 1 amide bonds. The highest BCUT2D eigenvalue weighted by Gasteiger charge is 2.03. The molecular formula is C12H11N5O. The SMILES string of the molecule is CNC(=O)c1cncc(C#Cc2cnn(C)n2)c1. The van der Waals surface area contributed by atoms with Gasteiger partial charge in [0, 0.05) is 32.1 Å². The molecule has 6 nitrogen and oxygen atoms in total. The molecule has 2 rings (SSSR count). The molecule has 6 heteroatoms. The first kappa shape index (κ1) is 11.8. The zero-order chi connectivity index (χ0) is 13.0. The van der Waals surface area contributed by atoms with Gasteiger partial charge in [0.25, 0.3) is 5.91 Å². The smallest absolute Gasteiger partial charge is 0.252 e. The van der Waals surface area contributed by atoms with Crippen LogP contribution in [0.15, 0.2) is 24.7 Å². The van der Waals surface area contributed by atoms with Gasteiger partial charge in [-0.15, -0.1) is 5.10 Å². The lowest BCUT2D eigenvalue weighted by Gasteiger charge is -1.98. The fourth-order valence-electron chi connectivity index (χ4n) is 1.32. The minimum absolute atomic E-state index is 0.189. The summed E-state index contributed by atoms with van der Waals surface area (Å²) >= 11 is 0. The summed E-state index contributed by atoms with van der Waals surface area (Å²) in [5, 5.41) is 10.5. The van der Waals surface area contributed by atoms with Crippen molar-refractivity contribution in [3.63, 3.8) is 0 Å². The normalized spacial score (nSPS) is 9.44. The van der Waals surface area contributed by atoms with E-state index in [4.69, 9.17) is 0 Å². The second-order valence-electron chi connectivity index (χ2n) is 3.51. The fraction of sp³-hybridized carbons (Fsp3) is 0.167.